The second-order valence-electron chi connectivity index (χ2n) is 5.37. The highest BCUT2D eigenvalue weighted by atomic mass is 32.1. The Morgan fingerprint density at radius 1 is 1.35 bits per heavy atom. The molecule has 0 saturated carbocycles. The topological polar surface area (TPSA) is 33.2 Å². The highest BCUT2D eigenvalue weighted by Crippen LogP contribution is 2.20. The van der Waals surface area contributed by atoms with E-state index >= 15 is 0 Å². The number of pyridine rings is 1. The third-order valence-corrected chi connectivity index (χ3v) is 4.41. The molecule has 1 aliphatic rings. The molecule has 3 rings (SSSR count). The fraction of sp³-hybridized carbons (Fsp3) is 0.375. The number of amides is 1. The molecule has 3 nitrogen and oxygen atoms in total. The van der Waals surface area contributed by atoms with Crippen LogP contribution in [0.5, 0.6) is 0 Å². The highest BCUT2D eigenvalue weighted by molar-refractivity contribution is 7.80. The van der Waals surface area contributed by atoms with Crippen LogP contribution in [0.25, 0.3) is 10.9 Å². The Balaban J connectivity index is 1.66. The Bertz CT molecular complexity index is 629. The van der Waals surface area contributed by atoms with E-state index in [0.29, 0.717) is 12.3 Å². The fourth-order valence-corrected chi connectivity index (χ4v) is 2.97. The molecule has 104 valence electrons. The smallest absolute Gasteiger partial charge is 0.222 e. The number of fused-ring (bicyclic) bond motifs is 1. The Morgan fingerprint density at radius 2 is 2.25 bits per heavy atom. The molecule has 20 heavy (non-hydrogen) atoms. The van der Waals surface area contributed by atoms with Gasteiger partial charge in [0, 0.05) is 31.1 Å². The molecule has 0 radical (unpaired) electrons. The van der Waals surface area contributed by atoms with E-state index in [0.717, 1.165) is 36.2 Å². The lowest BCUT2D eigenvalue weighted by Gasteiger charge is -2.16. The van der Waals surface area contributed by atoms with Crippen LogP contribution in [0.1, 0.15) is 12.0 Å². The van der Waals surface area contributed by atoms with E-state index in [4.69, 9.17) is 0 Å². The van der Waals surface area contributed by atoms with Crippen molar-refractivity contribution in [3.63, 3.8) is 0 Å². The first-order chi connectivity index (χ1) is 9.76. The summed E-state index contributed by atoms with van der Waals surface area (Å²) in [5.74, 6) is 1.48. The van der Waals surface area contributed by atoms with Gasteiger partial charge in [-0.3, -0.25) is 9.78 Å². The van der Waals surface area contributed by atoms with Crippen LogP contribution in [0.4, 0.5) is 0 Å². The minimum absolute atomic E-state index is 0.267. The van der Waals surface area contributed by atoms with Crippen molar-refractivity contribution >= 4 is 29.4 Å². The average molecular weight is 286 g/mol. The first-order valence-corrected chi connectivity index (χ1v) is 7.62. The number of carbonyl (C=O) groups excluding carboxylic acids is 1. The quantitative estimate of drug-likeness (QED) is 0.876. The fourth-order valence-electron chi connectivity index (χ4n) is 2.72. The average Bonchev–Trinajstić information content (AvgIpc) is 2.85. The van der Waals surface area contributed by atoms with Gasteiger partial charge in [0.25, 0.3) is 0 Å². The molecule has 2 heterocycles. The van der Waals surface area contributed by atoms with Gasteiger partial charge in [-0.05, 0) is 35.8 Å². The summed E-state index contributed by atoms with van der Waals surface area (Å²) in [6.07, 6.45) is 3.35. The lowest BCUT2D eigenvalue weighted by Crippen LogP contribution is -2.27. The Kier molecular flexibility index (Phi) is 3.92. The number of thiol groups is 1. The molecule has 2 aromatic rings. The molecule has 4 heteroatoms. The third kappa shape index (κ3) is 2.80. The normalized spacial score (nSPS) is 18.9. The van der Waals surface area contributed by atoms with Crippen LogP contribution >= 0.6 is 12.6 Å². The van der Waals surface area contributed by atoms with Crippen molar-refractivity contribution in [3.05, 3.63) is 42.1 Å². The number of likely N-dealkylation sites (tertiary alicyclic amines) is 1. The van der Waals surface area contributed by atoms with Crippen LogP contribution in [0.3, 0.4) is 0 Å². The van der Waals surface area contributed by atoms with E-state index in [9.17, 15) is 4.79 Å². The number of hydrogen-bond acceptors (Lipinski definition) is 3. The molecule has 1 fully saturated rings. The van der Waals surface area contributed by atoms with Crippen LogP contribution < -0.4 is 0 Å². The maximum absolute atomic E-state index is 11.9. The molecule has 0 bridgehead atoms. The lowest BCUT2D eigenvalue weighted by atomic mass is 10.1. The summed E-state index contributed by atoms with van der Waals surface area (Å²) in [6, 6.07) is 10.3. The number of rotatable bonds is 4. The van der Waals surface area contributed by atoms with Gasteiger partial charge in [0.05, 0.1) is 5.52 Å². The number of benzene rings is 1. The summed E-state index contributed by atoms with van der Waals surface area (Å²) >= 11 is 4.29. The lowest BCUT2D eigenvalue weighted by molar-refractivity contribution is -0.127. The van der Waals surface area contributed by atoms with Crippen molar-refractivity contribution in [1.29, 1.82) is 0 Å². The second-order valence-corrected chi connectivity index (χ2v) is 5.74. The number of nitrogens with zero attached hydrogens (tertiary/aromatic N) is 2. The van der Waals surface area contributed by atoms with Crippen molar-refractivity contribution in [3.8, 4) is 0 Å². The molecule has 0 N–H and O–H groups in total. The first kappa shape index (κ1) is 13.4. The van der Waals surface area contributed by atoms with E-state index in [1.807, 2.05) is 17.2 Å². The Labute approximate surface area is 124 Å². The summed E-state index contributed by atoms with van der Waals surface area (Å²) in [5, 5.41) is 1.16. The van der Waals surface area contributed by atoms with Crippen molar-refractivity contribution in [2.45, 2.75) is 12.8 Å². The van der Waals surface area contributed by atoms with Gasteiger partial charge in [-0.15, -0.1) is 0 Å². The second kappa shape index (κ2) is 5.83. The zero-order chi connectivity index (χ0) is 13.9. The first-order valence-electron chi connectivity index (χ1n) is 6.98. The predicted octanol–water partition coefficient (Wildman–Crippen LogP) is 2.56. The highest BCUT2D eigenvalue weighted by Gasteiger charge is 2.27. The summed E-state index contributed by atoms with van der Waals surface area (Å²) in [4.78, 5) is 18.2. The van der Waals surface area contributed by atoms with Crippen LogP contribution in [0, 0.1) is 5.92 Å². The molecule has 0 aliphatic carbocycles. The van der Waals surface area contributed by atoms with Gasteiger partial charge in [-0.1, -0.05) is 18.2 Å². The summed E-state index contributed by atoms with van der Waals surface area (Å²) in [6.45, 7) is 1.65. The van der Waals surface area contributed by atoms with Crippen LogP contribution in [-0.4, -0.2) is 34.6 Å². The van der Waals surface area contributed by atoms with Crippen molar-refractivity contribution in [2.24, 2.45) is 5.92 Å². The SMILES string of the molecule is O=C1CC(CS)CN1CCc1ccc2cccnc2c1. The van der Waals surface area contributed by atoms with Crippen LogP contribution in [0.15, 0.2) is 36.5 Å². The van der Waals surface area contributed by atoms with Gasteiger partial charge in [0.1, 0.15) is 0 Å². The maximum atomic E-state index is 11.9. The predicted molar refractivity (Wildman–Crippen MR) is 84.0 cm³/mol. The number of aromatic nitrogens is 1. The molecular formula is C16H18N2OS. The van der Waals surface area contributed by atoms with E-state index in [1.54, 1.807) is 0 Å². The molecule has 1 amide bonds. The molecule has 1 aromatic carbocycles. The van der Waals surface area contributed by atoms with E-state index < -0.39 is 0 Å². The largest absolute Gasteiger partial charge is 0.342 e. The standard InChI is InChI=1S/C16H18N2OS/c19-16-9-13(11-20)10-18(16)7-5-12-3-4-14-2-1-6-17-15(14)8-12/h1-4,6,8,13,20H,5,7,9-11H2. The van der Waals surface area contributed by atoms with E-state index in [2.05, 4.69) is 41.9 Å². The Morgan fingerprint density at radius 3 is 3.05 bits per heavy atom. The number of hydrogen-bond donors (Lipinski definition) is 1. The zero-order valence-corrected chi connectivity index (χ0v) is 12.2. The molecule has 0 spiro atoms. The van der Waals surface area contributed by atoms with Gasteiger partial charge in [-0.25, -0.2) is 0 Å². The van der Waals surface area contributed by atoms with Gasteiger partial charge < -0.3 is 4.90 Å². The minimum Gasteiger partial charge on any atom is -0.342 e. The minimum atomic E-state index is 0.267. The van der Waals surface area contributed by atoms with Crippen LogP contribution in [-0.2, 0) is 11.2 Å². The summed E-state index contributed by atoms with van der Waals surface area (Å²) in [7, 11) is 0. The third-order valence-electron chi connectivity index (χ3n) is 3.89. The molecule has 1 aromatic heterocycles. The molecular weight excluding hydrogens is 268 g/mol. The van der Waals surface area contributed by atoms with Crippen molar-refractivity contribution in [2.75, 3.05) is 18.8 Å². The number of carbonyl (C=O) groups is 1. The van der Waals surface area contributed by atoms with Gasteiger partial charge in [0.2, 0.25) is 5.91 Å². The summed E-state index contributed by atoms with van der Waals surface area (Å²) in [5.41, 5.74) is 2.25. The Hall–Kier alpha value is -1.55. The molecule has 1 saturated heterocycles. The molecule has 1 aliphatic heterocycles. The van der Waals surface area contributed by atoms with Crippen molar-refractivity contribution < 1.29 is 4.79 Å². The van der Waals surface area contributed by atoms with Gasteiger partial charge >= 0.3 is 0 Å². The maximum Gasteiger partial charge on any atom is 0.222 e. The zero-order valence-electron chi connectivity index (χ0n) is 11.3. The monoisotopic (exact) mass is 286 g/mol. The van der Waals surface area contributed by atoms with E-state index in [1.165, 1.54) is 5.56 Å². The molecule has 1 atom stereocenters. The van der Waals surface area contributed by atoms with Crippen LogP contribution in [0.2, 0.25) is 0 Å². The summed E-state index contributed by atoms with van der Waals surface area (Å²) < 4.78 is 0. The van der Waals surface area contributed by atoms with E-state index in [-0.39, 0.29) is 5.91 Å². The van der Waals surface area contributed by atoms with Crippen molar-refractivity contribution in [1.82, 2.24) is 9.88 Å². The van der Waals surface area contributed by atoms with Gasteiger partial charge in [-0.2, -0.15) is 12.6 Å². The van der Waals surface area contributed by atoms with Gasteiger partial charge in [0.15, 0.2) is 0 Å². The molecule has 1 unspecified atom stereocenters.